The Labute approximate surface area is 162 Å². The molecule has 0 radical (unpaired) electrons. The number of rotatable bonds is 8. The van der Waals surface area contributed by atoms with Gasteiger partial charge in [-0.25, -0.2) is 4.79 Å². The first-order chi connectivity index (χ1) is 13.6. The Morgan fingerprint density at radius 3 is 2.32 bits per heavy atom. The topological polar surface area (TPSA) is 84.9 Å². The van der Waals surface area contributed by atoms with Gasteiger partial charge in [-0.05, 0) is 42.5 Å². The molecule has 0 aliphatic carbocycles. The van der Waals surface area contributed by atoms with Crippen molar-refractivity contribution in [1.29, 1.82) is 0 Å². The largest absolute Gasteiger partial charge is 0.490 e. The number of hydrogen-bond donors (Lipinski definition) is 2. The SMILES string of the molecule is O=C(O)c1cccc(OCCOc2ccccc2C(=O)Nc2ccccc2)c1. The van der Waals surface area contributed by atoms with Gasteiger partial charge in [0.2, 0.25) is 0 Å². The molecule has 0 heterocycles. The van der Waals surface area contributed by atoms with Crippen LogP contribution in [0.15, 0.2) is 78.9 Å². The van der Waals surface area contributed by atoms with Crippen LogP contribution in [-0.4, -0.2) is 30.2 Å². The van der Waals surface area contributed by atoms with E-state index in [1.54, 1.807) is 48.5 Å². The van der Waals surface area contributed by atoms with Gasteiger partial charge in [0.05, 0.1) is 11.1 Å². The molecule has 0 aliphatic heterocycles. The van der Waals surface area contributed by atoms with E-state index in [0.29, 0.717) is 22.7 Å². The summed E-state index contributed by atoms with van der Waals surface area (Å²) in [5.74, 6) is -0.394. The van der Waals surface area contributed by atoms with Gasteiger partial charge in [-0.2, -0.15) is 0 Å². The van der Waals surface area contributed by atoms with Crippen molar-refractivity contribution in [2.45, 2.75) is 0 Å². The average molecular weight is 377 g/mol. The third-order valence-corrected chi connectivity index (χ3v) is 3.85. The number of anilines is 1. The molecule has 0 atom stereocenters. The summed E-state index contributed by atoms with van der Waals surface area (Å²) in [6, 6.07) is 22.3. The maximum Gasteiger partial charge on any atom is 0.335 e. The number of amides is 1. The summed E-state index contributed by atoms with van der Waals surface area (Å²) in [5, 5.41) is 11.8. The second-order valence-electron chi connectivity index (χ2n) is 5.85. The number of aromatic carboxylic acids is 1. The minimum Gasteiger partial charge on any atom is -0.490 e. The lowest BCUT2D eigenvalue weighted by molar-refractivity contribution is 0.0696. The van der Waals surface area contributed by atoms with Crippen molar-refractivity contribution in [3.8, 4) is 11.5 Å². The summed E-state index contributed by atoms with van der Waals surface area (Å²) in [6.07, 6.45) is 0. The summed E-state index contributed by atoms with van der Waals surface area (Å²) in [7, 11) is 0. The normalized spacial score (nSPS) is 10.1. The molecule has 3 rings (SSSR count). The summed E-state index contributed by atoms with van der Waals surface area (Å²) >= 11 is 0. The summed E-state index contributed by atoms with van der Waals surface area (Å²) in [4.78, 5) is 23.5. The van der Waals surface area contributed by atoms with Crippen LogP contribution in [0.25, 0.3) is 0 Å². The van der Waals surface area contributed by atoms with Crippen molar-refractivity contribution in [1.82, 2.24) is 0 Å². The molecule has 2 N–H and O–H groups in total. The lowest BCUT2D eigenvalue weighted by atomic mass is 10.2. The predicted octanol–water partition coefficient (Wildman–Crippen LogP) is 4.09. The highest BCUT2D eigenvalue weighted by molar-refractivity contribution is 6.06. The molecule has 0 saturated carbocycles. The number of nitrogens with one attached hydrogen (secondary N) is 1. The van der Waals surface area contributed by atoms with E-state index < -0.39 is 5.97 Å². The second kappa shape index (κ2) is 9.23. The van der Waals surface area contributed by atoms with Crippen molar-refractivity contribution < 1.29 is 24.2 Å². The monoisotopic (exact) mass is 377 g/mol. The van der Waals surface area contributed by atoms with Gasteiger partial charge >= 0.3 is 5.97 Å². The van der Waals surface area contributed by atoms with Crippen LogP contribution in [-0.2, 0) is 0 Å². The maximum atomic E-state index is 12.5. The quantitative estimate of drug-likeness (QED) is 0.578. The van der Waals surface area contributed by atoms with Crippen LogP contribution in [0.3, 0.4) is 0 Å². The molecule has 0 unspecified atom stereocenters. The lowest BCUT2D eigenvalue weighted by Crippen LogP contribution is -2.15. The van der Waals surface area contributed by atoms with E-state index in [1.807, 2.05) is 18.2 Å². The van der Waals surface area contributed by atoms with E-state index in [4.69, 9.17) is 14.6 Å². The first-order valence-corrected chi connectivity index (χ1v) is 8.68. The Balaban J connectivity index is 1.57. The molecule has 6 nitrogen and oxygen atoms in total. The number of para-hydroxylation sites is 2. The molecule has 0 saturated heterocycles. The van der Waals surface area contributed by atoms with Crippen LogP contribution < -0.4 is 14.8 Å². The molecule has 1 amide bonds. The first-order valence-electron chi connectivity index (χ1n) is 8.68. The number of carboxylic acid groups (broad SMARTS) is 1. The van der Waals surface area contributed by atoms with Gasteiger partial charge < -0.3 is 19.9 Å². The fourth-order valence-corrected chi connectivity index (χ4v) is 2.53. The first kappa shape index (κ1) is 19.0. The smallest absolute Gasteiger partial charge is 0.335 e. The molecular weight excluding hydrogens is 358 g/mol. The van der Waals surface area contributed by atoms with Crippen molar-refractivity contribution >= 4 is 17.6 Å². The van der Waals surface area contributed by atoms with Crippen LogP contribution in [0.4, 0.5) is 5.69 Å². The highest BCUT2D eigenvalue weighted by Gasteiger charge is 2.12. The van der Waals surface area contributed by atoms with E-state index in [0.717, 1.165) is 0 Å². The molecule has 142 valence electrons. The minimum absolute atomic E-state index is 0.154. The molecular formula is C22H19NO5. The summed E-state index contributed by atoms with van der Waals surface area (Å²) < 4.78 is 11.2. The Morgan fingerprint density at radius 1 is 0.821 bits per heavy atom. The summed E-state index contributed by atoms with van der Waals surface area (Å²) in [5.41, 5.74) is 1.27. The van der Waals surface area contributed by atoms with Crippen molar-refractivity contribution in [2.75, 3.05) is 18.5 Å². The van der Waals surface area contributed by atoms with E-state index >= 15 is 0 Å². The van der Waals surface area contributed by atoms with Gasteiger partial charge in [-0.15, -0.1) is 0 Å². The maximum absolute atomic E-state index is 12.5. The fraction of sp³-hybridized carbons (Fsp3) is 0.0909. The van der Waals surface area contributed by atoms with Crippen LogP contribution in [0.5, 0.6) is 11.5 Å². The Morgan fingerprint density at radius 2 is 1.54 bits per heavy atom. The fourth-order valence-electron chi connectivity index (χ4n) is 2.53. The number of carbonyl (C=O) groups is 2. The van der Waals surface area contributed by atoms with E-state index in [2.05, 4.69) is 5.32 Å². The Kier molecular flexibility index (Phi) is 6.25. The Hall–Kier alpha value is -3.80. The highest BCUT2D eigenvalue weighted by Crippen LogP contribution is 2.20. The van der Waals surface area contributed by atoms with Crippen LogP contribution in [0, 0.1) is 0 Å². The van der Waals surface area contributed by atoms with Gasteiger partial charge in [0, 0.05) is 5.69 Å². The number of carbonyl (C=O) groups excluding carboxylic acids is 1. The number of carboxylic acids is 1. The molecule has 28 heavy (non-hydrogen) atoms. The van der Waals surface area contributed by atoms with Gasteiger partial charge in [0.1, 0.15) is 24.7 Å². The zero-order valence-corrected chi connectivity index (χ0v) is 15.0. The zero-order chi connectivity index (χ0) is 19.8. The van der Waals surface area contributed by atoms with Crippen molar-refractivity contribution in [3.63, 3.8) is 0 Å². The Bertz CT molecular complexity index is 956. The molecule has 0 bridgehead atoms. The van der Waals surface area contributed by atoms with Crippen molar-refractivity contribution in [2.24, 2.45) is 0 Å². The van der Waals surface area contributed by atoms with Gasteiger partial charge in [0.25, 0.3) is 5.91 Å². The minimum atomic E-state index is -1.01. The van der Waals surface area contributed by atoms with E-state index in [-0.39, 0.29) is 24.7 Å². The van der Waals surface area contributed by atoms with Gasteiger partial charge in [0.15, 0.2) is 0 Å². The molecule has 0 spiro atoms. The van der Waals surface area contributed by atoms with Gasteiger partial charge in [-0.1, -0.05) is 36.4 Å². The van der Waals surface area contributed by atoms with Crippen LogP contribution in [0.2, 0.25) is 0 Å². The van der Waals surface area contributed by atoms with E-state index in [1.165, 1.54) is 12.1 Å². The second-order valence-corrected chi connectivity index (χ2v) is 5.85. The van der Waals surface area contributed by atoms with Gasteiger partial charge in [-0.3, -0.25) is 4.79 Å². The standard InChI is InChI=1S/C22H19NO5/c24-21(23-17-8-2-1-3-9-17)19-11-4-5-12-20(19)28-14-13-27-18-10-6-7-16(15-18)22(25)26/h1-12,15H,13-14H2,(H,23,24)(H,25,26). The number of ether oxygens (including phenoxy) is 2. The van der Waals surface area contributed by atoms with Crippen molar-refractivity contribution in [3.05, 3.63) is 90.0 Å². The molecule has 3 aromatic rings. The third kappa shape index (κ3) is 5.11. The predicted molar refractivity (Wildman–Crippen MR) is 105 cm³/mol. The number of benzene rings is 3. The lowest BCUT2D eigenvalue weighted by Gasteiger charge is -2.12. The molecule has 6 heteroatoms. The highest BCUT2D eigenvalue weighted by atomic mass is 16.5. The molecule has 3 aromatic carbocycles. The average Bonchev–Trinajstić information content (AvgIpc) is 2.72. The molecule has 0 aromatic heterocycles. The molecule has 0 aliphatic rings. The van der Waals surface area contributed by atoms with E-state index in [9.17, 15) is 9.59 Å². The number of hydrogen-bond acceptors (Lipinski definition) is 4. The molecule has 0 fully saturated rings. The van der Waals surface area contributed by atoms with Crippen LogP contribution in [0.1, 0.15) is 20.7 Å². The third-order valence-electron chi connectivity index (χ3n) is 3.85. The summed E-state index contributed by atoms with van der Waals surface area (Å²) in [6.45, 7) is 0.407. The zero-order valence-electron chi connectivity index (χ0n) is 15.0. The van der Waals surface area contributed by atoms with Crippen LogP contribution >= 0.6 is 0 Å².